The van der Waals surface area contributed by atoms with E-state index in [1.165, 1.54) is 0 Å². The largest absolute Gasteiger partial charge is 0.422 e. The normalized spacial score (nSPS) is 16.5. The van der Waals surface area contributed by atoms with E-state index in [2.05, 4.69) is 9.69 Å². The highest BCUT2D eigenvalue weighted by atomic mass is 19.4. The van der Waals surface area contributed by atoms with Crippen molar-refractivity contribution in [2.24, 2.45) is 0 Å². The van der Waals surface area contributed by atoms with Crippen molar-refractivity contribution in [1.82, 2.24) is 0 Å². The van der Waals surface area contributed by atoms with Gasteiger partial charge in [0.25, 0.3) is 0 Å². The lowest BCUT2D eigenvalue weighted by Crippen LogP contribution is -2.21. The summed E-state index contributed by atoms with van der Waals surface area (Å²) >= 11 is 0. The molecule has 0 N–H and O–H groups in total. The fourth-order valence-electron chi connectivity index (χ4n) is 6.41. The molecule has 0 heterocycles. The Morgan fingerprint density at radius 1 is 0.359 bits per heavy atom. The van der Waals surface area contributed by atoms with Crippen LogP contribution in [-0.4, -0.2) is 0 Å². The number of halogens is 20. The molecule has 0 atom stereocenters. The van der Waals surface area contributed by atoms with Crippen molar-refractivity contribution in [1.29, 1.82) is 10.5 Å². The van der Waals surface area contributed by atoms with Crippen LogP contribution in [0.3, 0.4) is 0 Å². The standard InChI is InChI=1S/C40H8F20N4/c1-63-35(15-7-23(45)33(24(46)8-15)39(55,56)57)29-27(17(11-61)13-3-19(41)31(20(42)4-13)37(49,50)51)28(18(12-62)14-5-21(43)32(22(44)6-14)38(52,53)54)30(29)36(64-2)16-9-25(47)34(26(48)10-16)40(58,59)60/h3-10H/b27-17-,28-18+,35-29+,36-30-. The van der Waals surface area contributed by atoms with E-state index in [1.807, 2.05) is 0 Å². The van der Waals surface area contributed by atoms with Gasteiger partial charge >= 0.3 is 24.7 Å². The highest BCUT2D eigenvalue weighted by Gasteiger charge is 2.46. The van der Waals surface area contributed by atoms with Gasteiger partial charge in [-0.2, -0.15) is 63.2 Å². The molecule has 0 aliphatic heterocycles. The molecule has 0 radical (unpaired) electrons. The van der Waals surface area contributed by atoms with Gasteiger partial charge in [0.2, 0.25) is 11.4 Å². The van der Waals surface area contributed by atoms with Crippen LogP contribution in [0.2, 0.25) is 0 Å². The number of nitriles is 2. The first-order chi connectivity index (χ1) is 29.4. The van der Waals surface area contributed by atoms with Gasteiger partial charge in [-0.15, -0.1) is 0 Å². The summed E-state index contributed by atoms with van der Waals surface area (Å²) in [5, 5.41) is 20.7. The predicted molar refractivity (Wildman–Crippen MR) is 178 cm³/mol. The van der Waals surface area contributed by atoms with E-state index in [-0.39, 0.29) is 48.5 Å². The van der Waals surface area contributed by atoms with Gasteiger partial charge in [0.05, 0.1) is 24.3 Å². The van der Waals surface area contributed by atoms with Gasteiger partial charge in [-0.3, -0.25) is 0 Å². The summed E-state index contributed by atoms with van der Waals surface area (Å²) in [5.41, 5.74) is -27.6. The summed E-state index contributed by atoms with van der Waals surface area (Å²) < 4.78 is 283. The van der Waals surface area contributed by atoms with Crippen LogP contribution >= 0.6 is 0 Å². The highest BCUT2D eigenvalue weighted by molar-refractivity contribution is 6.11. The van der Waals surface area contributed by atoms with Crippen molar-refractivity contribution in [3.8, 4) is 12.1 Å². The van der Waals surface area contributed by atoms with Gasteiger partial charge in [0.15, 0.2) is 0 Å². The maximum Gasteiger partial charge on any atom is 0.422 e. The molecular formula is C40H8F20N4. The minimum Gasteiger partial charge on any atom is -0.237 e. The number of allylic oxidation sites excluding steroid dienone is 6. The van der Waals surface area contributed by atoms with Crippen LogP contribution < -0.4 is 0 Å². The van der Waals surface area contributed by atoms with Crippen molar-refractivity contribution < 1.29 is 87.8 Å². The zero-order valence-corrected chi connectivity index (χ0v) is 30.0. The molecule has 328 valence electrons. The second kappa shape index (κ2) is 16.3. The van der Waals surface area contributed by atoms with E-state index < -0.39 is 161 Å². The molecule has 0 spiro atoms. The van der Waals surface area contributed by atoms with Crippen LogP contribution in [-0.2, 0) is 24.7 Å². The summed E-state index contributed by atoms with van der Waals surface area (Å²) in [5.74, 6) is -20.2. The van der Waals surface area contributed by atoms with Gasteiger partial charge in [-0.25, -0.2) is 44.8 Å². The fraction of sp³-hybridized carbons (Fsp3) is 0.100. The zero-order valence-electron chi connectivity index (χ0n) is 30.0. The van der Waals surface area contributed by atoms with E-state index in [0.29, 0.717) is 0 Å². The number of nitrogens with zero attached hydrogens (tertiary/aromatic N) is 4. The topological polar surface area (TPSA) is 56.3 Å². The average molecular weight is 924 g/mol. The smallest absolute Gasteiger partial charge is 0.237 e. The van der Waals surface area contributed by atoms with E-state index in [0.717, 1.165) is 12.1 Å². The molecule has 5 rings (SSSR count). The van der Waals surface area contributed by atoms with Crippen LogP contribution in [0.4, 0.5) is 87.8 Å². The summed E-state index contributed by atoms with van der Waals surface area (Å²) in [6.07, 6.45) is -23.3. The van der Waals surface area contributed by atoms with E-state index in [9.17, 15) is 63.2 Å². The molecule has 4 nitrogen and oxygen atoms in total. The fourth-order valence-corrected chi connectivity index (χ4v) is 6.41. The first kappa shape index (κ1) is 47.4. The molecule has 0 amide bonds. The van der Waals surface area contributed by atoms with E-state index in [1.54, 1.807) is 0 Å². The number of rotatable bonds is 4. The third-order valence-electron chi connectivity index (χ3n) is 8.85. The van der Waals surface area contributed by atoms with Crippen molar-refractivity contribution in [3.05, 3.63) is 185 Å². The second-order valence-electron chi connectivity index (χ2n) is 12.6. The Balaban J connectivity index is 2.16. The first-order valence-corrected chi connectivity index (χ1v) is 16.2. The Labute approximate surface area is 342 Å². The van der Waals surface area contributed by atoms with Gasteiger partial charge in [0, 0.05) is 0 Å². The quantitative estimate of drug-likeness (QED) is 0.116. The Morgan fingerprint density at radius 3 is 0.703 bits per heavy atom. The van der Waals surface area contributed by atoms with Gasteiger partial charge < -0.3 is 0 Å². The summed E-state index contributed by atoms with van der Waals surface area (Å²) in [4.78, 5) is 5.78. The Hall–Kier alpha value is -7.60. The monoisotopic (exact) mass is 924 g/mol. The molecule has 4 aromatic carbocycles. The van der Waals surface area contributed by atoms with Crippen molar-refractivity contribution in [3.63, 3.8) is 0 Å². The molecule has 64 heavy (non-hydrogen) atoms. The number of benzene rings is 4. The number of alkyl halides is 12. The maximum atomic E-state index is 15.0. The predicted octanol–water partition coefficient (Wildman–Crippen LogP) is 13.8. The lowest BCUT2D eigenvalue weighted by Gasteiger charge is -2.36. The van der Waals surface area contributed by atoms with Crippen LogP contribution in [0.25, 0.3) is 32.2 Å². The third kappa shape index (κ3) is 8.34. The molecule has 4 aromatic rings. The number of hydrogen-bond donors (Lipinski definition) is 0. The molecule has 24 heteroatoms. The van der Waals surface area contributed by atoms with E-state index in [4.69, 9.17) is 13.1 Å². The van der Waals surface area contributed by atoms with Crippen LogP contribution in [0.15, 0.2) is 70.8 Å². The zero-order chi connectivity index (χ0) is 48.3. The third-order valence-corrected chi connectivity index (χ3v) is 8.85. The SMILES string of the molecule is [C-]#[N+]/C(=C1/C(=C(\C#N)c2cc(F)c(C(F)(F)F)c(F)c2)C(=C(\C#N)c2cc(F)c(C(F)(F)F)c(F)c2)/C1=C(\[N+]#[C-])c1cc(F)c(C(F)(F)F)c(F)c1)c1cc(F)c(C(F)(F)F)c(F)c1. The van der Waals surface area contributed by atoms with Crippen LogP contribution in [0.5, 0.6) is 0 Å². The summed E-state index contributed by atoms with van der Waals surface area (Å²) in [6, 6.07) is 0.368. The van der Waals surface area contributed by atoms with Crippen molar-refractivity contribution in [2.45, 2.75) is 24.7 Å². The van der Waals surface area contributed by atoms with Crippen LogP contribution in [0, 0.1) is 82.3 Å². The minimum atomic E-state index is -5.81. The number of hydrogen-bond acceptors (Lipinski definition) is 2. The lowest BCUT2D eigenvalue weighted by atomic mass is 9.66. The molecule has 0 aromatic heterocycles. The molecule has 1 aliphatic rings. The van der Waals surface area contributed by atoms with E-state index >= 15 is 35.1 Å². The molecule has 0 bridgehead atoms. The molecule has 1 saturated carbocycles. The Bertz CT molecular complexity index is 2490. The van der Waals surface area contributed by atoms with Gasteiger partial charge in [0.1, 0.15) is 80.9 Å². The molecule has 1 aliphatic carbocycles. The molecule has 0 saturated heterocycles. The molecule has 1 fully saturated rings. The molecule has 0 unspecified atom stereocenters. The van der Waals surface area contributed by atoms with Crippen molar-refractivity contribution in [2.75, 3.05) is 0 Å². The Morgan fingerprint density at radius 2 is 0.547 bits per heavy atom. The lowest BCUT2D eigenvalue weighted by molar-refractivity contribution is -0.143. The summed E-state index contributed by atoms with van der Waals surface area (Å²) in [7, 11) is 0. The first-order valence-electron chi connectivity index (χ1n) is 16.2. The average Bonchev–Trinajstić information content (AvgIpc) is 3.11. The Kier molecular flexibility index (Phi) is 12.1. The van der Waals surface area contributed by atoms with Gasteiger partial charge in [-0.1, -0.05) is 0 Å². The molecular weight excluding hydrogens is 916 g/mol. The maximum absolute atomic E-state index is 15.0. The second-order valence-corrected chi connectivity index (χ2v) is 12.6. The van der Waals surface area contributed by atoms with Gasteiger partial charge in [-0.05, 0) is 93.1 Å². The minimum absolute atomic E-state index is 0.243. The van der Waals surface area contributed by atoms with Crippen LogP contribution in [0.1, 0.15) is 44.5 Å². The highest BCUT2D eigenvalue weighted by Crippen LogP contribution is 2.58. The van der Waals surface area contributed by atoms with Crippen molar-refractivity contribution >= 4 is 22.5 Å². The summed E-state index contributed by atoms with van der Waals surface area (Å²) in [6.45, 7) is 15.7.